The summed E-state index contributed by atoms with van der Waals surface area (Å²) in [6, 6.07) is 14.3. The van der Waals surface area contributed by atoms with Crippen molar-refractivity contribution in [2.24, 2.45) is 20.8 Å². The summed E-state index contributed by atoms with van der Waals surface area (Å²) in [5.74, 6) is 0.846. The summed E-state index contributed by atoms with van der Waals surface area (Å²) in [7, 11) is 3.13. The van der Waals surface area contributed by atoms with Crippen molar-refractivity contribution in [3.8, 4) is 11.5 Å². The molecule has 8 nitrogen and oxygen atoms in total. The Morgan fingerprint density at radius 3 is 1.40 bits per heavy atom. The number of carbonyl (C=O) groups excluding carboxylic acids is 2. The molecule has 4 rings (SSSR count). The van der Waals surface area contributed by atoms with Gasteiger partial charge in [0.2, 0.25) is 0 Å². The van der Waals surface area contributed by atoms with Crippen LogP contribution in [0, 0.1) is 10.8 Å². The lowest BCUT2D eigenvalue weighted by Crippen LogP contribution is -2.31. The summed E-state index contributed by atoms with van der Waals surface area (Å²) in [6.07, 6.45) is 1.62. The standard InChI is InChI=1S/C34H40N2O6/c1-33(2)17-27(37)31(28(38)18-33)25(35-21-9-7-11-23(15-21)41-5)13-14-26(36-22-10-8-12-24(16-22)42-6)32-29(39)19-34(3,4)20-30(32)40/h7-12,15-16,37,39H,13-14,17-20H2,1-6H3. The van der Waals surface area contributed by atoms with Gasteiger partial charge in [-0.15, -0.1) is 0 Å². The minimum atomic E-state index is -0.372. The fraction of sp³-hybridized carbons (Fsp3) is 0.412. The van der Waals surface area contributed by atoms with Gasteiger partial charge in [-0.3, -0.25) is 19.6 Å². The number of hydrogen-bond donors (Lipinski definition) is 2. The van der Waals surface area contributed by atoms with Crippen LogP contribution in [0.25, 0.3) is 0 Å². The lowest BCUT2D eigenvalue weighted by atomic mass is 9.74. The van der Waals surface area contributed by atoms with Gasteiger partial charge < -0.3 is 19.7 Å². The van der Waals surface area contributed by atoms with Gasteiger partial charge in [0.05, 0.1) is 48.2 Å². The van der Waals surface area contributed by atoms with Crippen LogP contribution in [0.2, 0.25) is 0 Å². The van der Waals surface area contributed by atoms with Crippen molar-refractivity contribution in [3.63, 3.8) is 0 Å². The SMILES string of the molecule is COc1cccc(N=C(CCC(=Nc2cccc(OC)c2)C2=C(O)CC(C)(C)CC2=O)C2=C(O)CC(C)(C)CC2=O)c1. The van der Waals surface area contributed by atoms with E-state index >= 15 is 0 Å². The molecule has 2 aliphatic rings. The molecule has 0 heterocycles. The number of rotatable bonds is 9. The first kappa shape index (κ1) is 30.8. The third kappa shape index (κ3) is 7.35. The summed E-state index contributed by atoms with van der Waals surface area (Å²) in [4.78, 5) is 36.4. The Labute approximate surface area is 247 Å². The van der Waals surface area contributed by atoms with E-state index in [0.717, 1.165) is 0 Å². The van der Waals surface area contributed by atoms with Gasteiger partial charge in [0.15, 0.2) is 11.6 Å². The molecule has 0 amide bonds. The van der Waals surface area contributed by atoms with Crippen molar-refractivity contribution in [2.45, 2.75) is 66.2 Å². The van der Waals surface area contributed by atoms with E-state index in [1.54, 1.807) is 62.8 Å². The number of aliphatic imine (C=N–C) groups is 2. The van der Waals surface area contributed by atoms with Gasteiger partial charge in [0, 0.05) is 37.8 Å². The molecule has 0 fully saturated rings. The molecule has 0 saturated heterocycles. The third-order valence-corrected chi connectivity index (χ3v) is 7.52. The molecule has 0 aliphatic heterocycles. The Morgan fingerprint density at radius 2 is 1.07 bits per heavy atom. The zero-order chi connectivity index (χ0) is 30.7. The van der Waals surface area contributed by atoms with Gasteiger partial charge in [0.1, 0.15) is 23.0 Å². The van der Waals surface area contributed by atoms with Gasteiger partial charge in [-0.05, 0) is 47.9 Å². The van der Waals surface area contributed by atoms with Crippen molar-refractivity contribution < 1.29 is 29.3 Å². The van der Waals surface area contributed by atoms with Crippen LogP contribution in [0.15, 0.2) is 81.2 Å². The molecule has 0 aromatic heterocycles. The number of hydrogen-bond acceptors (Lipinski definition) is 8. The van der Waals surface area contributed by atoms with Crippen LogP contribution < -0.4 is 9.47 Å². The maximum absolute atomic E-state index is 13.4. The van der Waals surface area contributed by atoms with E-state index in [1.807, 2.05) is 27.7 Å². The van der Waals surface area contributed by atoms with Crippen LogP contribution in [-0.4, -0.2) is 47.4 Å². The van der Waals surface area contributed by atoms with Crippen molar-refractivity contribution >= 4 is 34.4 Å². The first-order chi connectivity index (χ1) is 19.8. The molecule has 0 bridgehead atoms. The maximum Gasteiger partial charge on any atom is 0.168 e. The smallest absolute Gasteiger partial charge is 0.168 e. The quantitative estimate of drug-likeness (QED) is 0.297. The molecule has 8 heteroatoms. The molecule has 2 aliphatic carbocycles. The summed E-state index contributed by atoms with van der Waals surface area (Å²) >= 11 is 0. The topological polar surface area (TPSA) is 118 Å². The van der Waals surface area contributed by atoms with Crippen LogP contribution in [0.5, 0.6) is 11.5 Å². The zero-order valence-electron chi connectivity index (χ0n) is 25.3. The third-order valence-electron chi connectivity index (χ3n) is 7.52. The highest BCUT2D eigenvalue weighted by molar-refractivity contribution is 6.27. The number of Topliss-reactive ketones (excluding diaryl/α,β-unsaturated/α-hetero) is 2. The van der Waals surface area contributed by atoms with E-state index < -0.39 is 0 Å². The number of methoxy groups -OCH3 is 2. The van der Waals surface area contributed by atoms with Gasteiger partial charge in [-0.25, -0.2) is 0 Å². The number of allylic oxidation sites excluding steroid dienone is 4. The lowest BCUT2D eigenvalue weighted by molar-refractivity contribution is -0.118. The average molecular weight is 573 g/mol. The van der Waals surface area contributed by atoms with E-state index in [4.69, 9.17) is 19.5 Å². The summed E-state index contributed by atoms with van der Waals surface area (Å²) in [6.45, 7) is 7.78. The van der Waals surface area contributed by atoms with Crippen LogP contribution in [0.4, 0.5) is 11.4 Å². The Bertz CT molecular complexity index is 1400. The number of carbonyl (C=O) groups is 2. The van der Waals surface area contributed by atoms with Crippen LogP contribution >= 0.6 is 0 Å². The van der Waals surface area contributed by atoms with Crippen LogP contribution in [0.3, 0.4) is 0 Å². The second-order valence-electron chi connectivity index (χ2n) is 12.5. The van der Waals surface area contributed by atoms with Gasteiger partial charge >= 0.3 is 0 Å². The molecule has 0 saturated carbocycles. The van der Waals surface area contributed by atoms with Crippen molar-refractivity contribution in [1.29, 1.82) is 0 Å². The average Bonchev–Trinajstić information content (AvgIpc) is 2.89. The lowest BCUT2D eigenvalue weighted by Gasteiger charge is -2.31. The minimum absolute atomic E-state index is 0.00161. The summed E-state index contributed by atoms with van der Waals surface area (Å²) < 4.78 is 10.7. The molecule has 0 radical (unpaired) electrons. The Kier molecular flexibility index (Phi) is 9.04. The number of aliphatic hydroxyl groups excluding tert-OH is 2. The second-order valence-corrected chi connectivity index (χ2v) is 12.5. The number of ketones is 2. The fourth-order valence-electron chi connectivity index (χ4n) is 5.61. The normalized spacial score (nSPS) is 19.3. The first-order valence-corrected chi connectivity index (χ1v) is 14.2. The predicted molar refractivity (Wildman–Crippen MR) is 165 cm³/mol. The molecule has 2 aromatic rings. The molecule has 42 heavy (non-hydrogen) atoms. The highest BCUT2D eigenvalue weighted by Crippen LogP contribution is 2.39. The number of nitrogens with zero attached hydrogens (tertiary/aromatic N) is 2. The van der Waals surface area contributed by atoms with Gasteiger partial charge in [-0.2, -0.15) is 0 Å². The van der Waals surface area contributed by atoms with E-state index in [2.05, 4.69) is 0 Å². The number of benzene rings is 2. The van der Waals surface area contributed by atoms with E-state index in [0.29, 0.717) is 47.1 Å². The molecule has 2 N–H and O–H groups in total. The maximum atomic E-state index is 13.4. The van der Waals surface area contributed by atoms with Crippen LogP contribution in [0.1, 0.15) is 66.2 Å². The first-order valence-electron chi connectivity index (χ1n) is 14.2. The highest BCUT2D eigenvalue weighted by Gasteiger charge is 2.37. The molecular weight excluding hydrogens is 532 g/mol. The molecule has 222 valence electrons. The highest BCUT2D eigenvalue weighted by atomic mass is 16.5. The van der Waals surface area contributed by atoms with E-state index in [-0.39, 0.29) is 70.7 Å². The minimum Gasteiger partial charge on any atom is -0.511 e. The van der Waals surface area contributed by atoms with E-state index in [9.17, 15) is 19.8 Å². The van der Waals surface area contributed by atoms with Gasteiger partial charge in [0.25, 0.3) is 0 Å². The van der Waals surface area contributed by atoms with E-state index in [1.165, 1.54) is 0 Å². The van der Waals surface area contributed by atoms with Crippen molar-refractivity contribution in [2.75, 3.05) is 14.2 Å². The zero-order valence-corrected chi connectivity index (χ0v) is 25.3. The monoisotopic (exact) mass is 572 g/mol. The molecule has 2 aromatic carbocycles. The second kappa shape index (κ2) is 12.3. The Hall–Kier alpha value is -4.20. The fourth-order valence-corrected chi connectivity index (χ4v) is 5.61. The molecular formula is C34H40N2O6. The number of ether oxygens (including phenoxy) is 2. The van der Waals surface area contributed by atoms with Crippen LogP contribution in [-0.2, 0) is 9.59 Å². The molecule has 0 unspecified atom stereocenters. The Balaban J connectivity index is 1.81. The molecule has 0 atom stereocenters. The summed E-state index contributed by atoms with van der Waals surface area (Å²) in [5.41, 5.74) is 1.56. The van der Waals surface area contributed by atoms with Gasteiger partial charge in [-0.1, -0.05) is 39.8 Å². The number of aliphatic hydroxyl groups is 2. The Morgan fingerprint density at radius 1 is 0.690 bits per heavy atom. The molecule has 0 spiro atoms. The van der Waals surface area contributed by atoms with Crippen molar-refractivity contribution in [1.82, 2.24) is 0 Å². The largest absolute Gasteiger partial charge is 0.511 e. The van der Waals surface area contributed by atoms with Crippen molar-refractivity contribution in [3.05, 3.63) is 71.2 Å². The summed E-state index contributed by atoms with van der Waals surface area (Å²) in [5, 5.41) is 22.2. The predicted octanol–water partition coefficient (Wildman–Crippen LogP) is 7.73.